The van der Waals surface area contributed by atoms with Crippen molar-refractivity contribution < 1.29 is 41.5 Å². The van der Waals surface area contributed by atoms with E-state index in [4.69, 9.17) is 9.15 Å². The quantitative estimate of drug-likeness (QED) is 0.0584. The number of ether oxygens (including phenoxy) is 1. The molecular formula is C93H112N20O9S. The molecule has 6 aromatic heterocycles. The summed E-state index contributed by atoms with van der Waals surface area (Å²) in [6.45, 7) is 35.7. The van der Waals surface area contributed by atoms with Crippen LogP contribution in [0.3, 0.4) is 0 Å². The van der Waals surface area contributed by atoms with Gasteiger partial charge in [-0.2, -0.15) is 4.31 Å². The second-order valence-electron chi connectivity index (χ2n) is 32.9. The third-order valence-corrected chi connectivity index (χ3v) is 23.0. The Balaban J connectivity index is 0.000000150. The van der Waals surface area contributed by atoms with Crippen LogP contribution >= 0.6 is 0 Å². The number of para-hydroxylation sites is 1. The molecule has 0 saturated carbocycles. The van der Waals surface area contributed by atoms with Crippen LogP contribution in [0.5, 0.6) is 0 Å². The number of nitrogens with zero attached hydrogens (tertiary/aromatic N) is 16. The number of amides is 5. The Morgan fingerprint density at radius 1 is 0.398 bits per heavy atom. The summed E-state index contributed by atoms with van der Waals surface area (Å²) in [7, 11) is -3.19. The maximum absolute atomic E-state index is 13.2. The molecule has 4 fully saturated rings. The molecular weight excluding hydrogens is 1570 g/mol. The molecule has 15 rings (SSSR count). The van der Waals surface area contributed by atoms with Crippen LogP contribution in [0.4, 0.5) is 61.9 Å². The number of benzene rings is 5. The average Bonchev–Trinajstić information content (AvgIpc) is 1.32. The number of anilines is 10. The monoisotopic (exact) mass is 1680 g/mol. The number of oxazole rings is 1. The summed E-state index contributed by atoms with van der Waals surface area (Å²) in [6.07, 6.45) is 20.6. The van der Waals surface area contributed by atoms with Gasteiger partial charge in [-0.1, -0.05) is 97.9 Å². The number of hydrogen-bond donors (Lipinski definition) is 4. The van der Waals surface area contributed by atoms with E-state index in [0.29, 0.717) is 104 Å². The van der Waals surface area contributed by atoms with E-state index in [1.54, 1.807) is 98.1 Å². The van der Waals surface area contributed by atoms with Crippen molar-refractivity contribution in [3.8, 4) is 0 Å². The fourth-order valence-corrected chi connectivity index (χ4v) is 15.4. The largest absolute Gasteiger partial charge is 0.444 e. The first-order valence-electron chi connectivity index (χ1n) is 41.8. The highest BCUT2D eigenvalue weighted by atomic mass is 32.2. The lowest BCUT2D eigenvalue weighted by molar-refractivity contribution is 0.0240. The molecule has 4 aliphatic heterocycles. The van der Waals surface area contributed by atoms with Crippen molar-refractivity contribution in [2.75, 3.05) is 162 Å². The SMILES string of the molecule is CC(C)c1ccc(NC(=O)c2cccnc2)c(N2CCN(C(=O)OC(C)(C)C)CC2)c1.CC(C)c1ccc(NC(=O)c2cccnc2)c(N2CCN(S(C)(=O)=O)CC2)c1.CC(C)c1ccc(NC(=O)c2cnc3ccccc3c2)c(N2CCN(c3cnccn3)CC2)c1.Cc1ncoc1C(=O)Nc1ccc(C(C)C)cc1N1CCN(c2cnccn2)CC1. The molecule has 5 amide bonds. The molecule has 0 spiro atoms. The molecule has 29 nitrogen and oxygen atoms in total. The zero-order chi connectivity index (χ0) is 87.5. The Hall–Kier alpha value is -13.0. The Kier molecular flexibility index (Phi) is 29.8. The van der Waals surface area contributed by atoms with E-state index >= 15 is 0 Å². The Morgan fingerprint density at radius 2 is 0.772 bits per heavy atom. The highest BCUT2D eigenvalue weighted by molar-refractivity contribution is 7.88. The number of nitrogens with one attached hydrogen (secondary N) is 4. The van der Waals surface area contributed by atoms with Gasteiger partial charge in [0.15, 0.2) is 6.39 Å². The van der Waals surface area contributed by atoms with Gasteiger partial charge in [0, 0.05) is 166 Å². The van der Waals surface area contributed by atoms with Gasteiger partial charge in [0.2, 0.25) is 15.8 Å². The minimum Gasteiger partial charge on any atom is -0.444 e. The number of sulfonamides is 1. The van der Waals surface area contributed by atoms with Crippen molar-refractivity contribution in [1.82, 2.24) is 49.1 Å². The fourth-order valence-electron chi connectivity index (χ4n) is 14.6. The zero-order valence-corrected chi connectivity index (χ0v) is 73.2. The number of rotatable bonds is 19. The molecule has 0 aliphatic carbocycles. The van der Waals surface area contributed by atoms with E-state index in [-0.39, 0.29) is 35.5 Å². The third kappa shape index (κ3) is 24.0. The molecule has 644 valence electrons. The predicted molar refractivity (Wildman–Crippen MR) is 487 cm³/mol. The first kappa shape index (κ1) is 89.3. The smallest absolute Gasteiger partial charge is 0.410 e. The molecule has 4 N–H and O–H groups in total. The lowest BCUT2D eigenvalue weighted by atomic mass is 10.0. The van der Waals surface area contributed by atoms with Crippen LogP contribution < -0.4 is 50.7 Å². The summed E-state index contributed by atoms with van der Waals surface area (Å²) in [6, 6.07) is 41.3. The Morgan fingerprint density at radius 3 is 1.13 bits per heavy atom. The standard InChI is InChI=1S/C27H28N6O.C24H32N4O3.C22H26N6O2.C20H26N4O3S/c1-19(2)20-7-8-24(31-27(34)22-15-21-5-3-4-6-23(21)30-17-22)25(16-20)32-11-13-33(14-12-32)26-18-28-9-10-29-26;1-17(2)18-8-9-20(26-22(29)19-7-6-10-25-16-19)21(15-18)27-11-13-28(14-12-27)23(30)31-24(3,4)5;1-15(2)17-4-5-18(26-22(29)21-16(3)25-14-30-21)19(12-17)27-8-10-28(11-9-27)20-13-23-6-7-24-20;1-15(2)16-6-7-18(22-20(25)17-5-4-8-21-14-17)19(13-16)23-9-11-24(12-10-23)28(3,26)27/h3-10,15-19H,11-14H2,1-2H3,(H,31,34);6-10,15-17H,11-14H2,1-5H3,(H,26,29);4-7,12-15H,8-11H2,1-3H3,(H,26,29);4-8,13-15H,9-12H2,1-3H3,(H,22,25). The van der Waals surface area contributed by atoms with Gasteiger partial charge in [0.25, 0.3) is 23.6 Å². The van der Waals surface area contributed by atoms with Gasteiger partial charge in [0.05, 0.1) is 92.0 Å². The third-order valence-electron chi connectivity index (χ3n) is 21.7. The number of fused-ring (bicyclic) bond motifs is 1. The summed E-state index contributed by atoms with van der Waals surface area (Å²) in [5.41, 5.74) is 14.3. The van der Waals surface area contributed by atoms with Gasteiger partial charge in [-0.25, -0.2) is 28.2 Å². The first-order chi connectivity index (χ1) is 59.0. The van der Waals surface area contributed by atoms with Gasteiger partial charge in [-0.05, 0) is 159 Å². The number of piperazine rings is 4. The molecule has 5 aromatic carbocycles. The highest BCUT2D eigenvalue weighted by Gasteiger charge is 2.31. The number of carbonyl (C=O) groups excluding carboxylic acids is 5. The van der Waals surface area contributed by atoms with Gasteiger partial charge in [0.1, 0.15) is 17.2 Å². The molecule has 11 aromatic rings. The summed E-state index contributed by atoms with van der Waals surface area (Å²) < 4.78 is 35.8. The van der Waals surface area contributed by atoms with Crippen LogP contribution in [0, 0.1) is 6.92 Å². The lowest BCUT2D eigenvalue weighted by Gasteiger charge is -2.37. The summed E-state index contributed by atoms with van der Waals surface area (Å²) in [5, 5.41) is 13.1. The molecule has 0 bridgehead atoms. The van der Waals surface area contributed by atoms with Crippen molar-refractivity contribution in [3.63, 3.8) is 0 Å². The molecule has 10 heterocycles. The number of aromatic nitrogens is 8. The summed E-state index contributed by atoms with van der Waals surface area (Å²) >= 11 is 0. The van der Waals surface area contributed by atoms with E-state index in [1.165, 1.54) is 45.4 Å². The normalized spacial score (nSPS) is 14.6. The molecule has 4 saturated heterocycles. The maximum Gasteiger partial charge on any atom is 0.410 e. The minimum absolute atomic E-state index is 0.157. The van der Waals surface area contributed by atoms with Gasteiger partial charge in [-0.3, -0.25) is 44.1 Å². The van der Waals surface area contributed by atoms with Crippen LogP contribution in [0.2, 0.25) is 0 Å². The zero-order valence-electron chi connectivity index (χ0n) is 72.4. The second-order valence-corrected chi connectivity index (χ2v) is 34.9. The number of hydrogen-bond acceptors (Lipinski definition) is 23. The predicted octanol–water partition coefficient (Wildman–Crippen LogP) is 15.3. The molecule has 0 unspecified atom stereocenters. The highest BCUT2D eigenvalue weighted by Crippen LogP contribution is 2.37. The van der Waals surface area contributed by atoms with Crippen LogP contribution in [0.15, 0.2) is 206 Å². The van der Waals surface area contributed by atoms with Crippen LogP contribution in [0.1, 0.15) is 169 Å². The van der Waals surface area contributed by atoms with Gasteiger partial charge < -0.3 is 64.7 Å². The van der Waals surface area contributed by atoms with Crippen molar-refractivity contribution in [2.24, 2.45) is 0 Å². The van der Waals surface area contributed by atoms with Crippen LogP contribution in [0.25, 0.3) is 10.9 Å². The van der Waals surface area contributed by atoms with Crippen LogP contribution in [-0.4, -0.2) is 204 Å². The minimum atomic E-state index is -3.19. The molecule has 123 heavy (non-hydrogen) atoms. The van der Waals surface area contributed by atoms with Crippen molar-refractivity contribution >= 4 is 108 Å². The Labute approximate surface area is 720 Å². The molecule has 30 heteroatoms. The topological polar surface area (TPSA) is 319 Å². The number of pyridine rings is 3. The number of carbonyl (C=O) groups is 5. The second kappa shape index (κ2) is 41.1. The lowest BCUT2D eigenvalue weighted by Crippen LogP contribution is -2.50. The molecule has 0 radical (unpaired) electrons. The van der Waals surface area contributed by atoms with E-state index in [2.05, 4.69) is 182 Å². The van der Waals surface area contributed by atoms with Gasteiger partial charge in [-0.15, -0.1) is 0 Å². The fraction of sp³-hybridized carbons (Fsp3) is 0.366. The summed E-state index contributed by atoms with van der Waals surface area (Å²) in [4.78, 5) is 112. The van der Waals surface area contributed by atoms with E-state index in [1.807, 2.05) is 87.5 Å². The first-order valence-corrected chi connectivity index (χ1v) is 43.7. The van der Waals surface area contributed by atoms with Crippen molar-refractivity contribution in [1.29, 1.82) is 0 Å². The van der Waals surface area contributed by atoms with E-state index < -0.39 is 15.6 Å². The van der Waals surface area contributed by atoms with Crippen LogP contribution in [-0.2, 0) is 14.8 Å². The average molecular weight is 1690 g/mol. The maximum atomic E-state index is 13.2. The van der Waals surface area contributed by atoms with E-state index in [0.717, 1.165) is 115 Å². The molecule has 0 atom stereocenters. The van der Waals surface area contributed by atoms with Crippen molar-refractivity contribution in [2.45, 2.75) is 112 Å². The van der Waals surface area contributed by atoms with E-state index in [9.17, 15) is 32.4 Å². The molecule has 4 aliphatic rings. The van der Waals surface area contributed by atoms with Crippen molar-refractivity contribution in [3.05, 3.63) is 252 Å². The Bertz CT molecular complexity index is 5520. The van der Waals surface area contributed by atoms with Gasteiger partial charge >= 0.3 is 6.09 Å². The summed E-state index contributed by atoms with van der Waals surface area (Å²) in [5.74, 6) is 2.67. The number of aryl methyl sites for hydroxylation is 1.